The molecule has 1 atom stereocenters. The van der Waals surface area contributed by atoms with Crippen molar-refractivity contribution in [1.29, 1.82) is 5.26 Å². The Hall–Kier alpha value is -2.06. The Morgan fingerprint density at radius 1 is 1.26 bits per heavy atom. The maximum atomic E-state index is 13.0. The molecule has 23 heavy (non-hydrogen) atoms. The van der Waals surface area contributed by atoms with Crippen LogP contribution in [0, 0.1) is 16.7 Å². The second-order valence-corrected chi connectivity index (χ2v) is 6.62. The highest BCUT2D eigenvalue weighted by molar-refractivity contribution is 6.00. The first-order chi connectivity index (χ1) is 11.1. The van der Waals surface area contributed by atoms with Crippen LogP contribution in [0.15, 0.2) is 24.3 Å². The number of anilines is 1. The largest absolute Gasteiger partial charge is 0.378 e. The summed E-state index contributed by atoms with van der Waals surface area (Å²) in [5, 5.41) is 9.37. The first-order valence-electron chi connectivity index (χ1n) is 8.25. The van der Waals surface area contributed by atoms with Gasteiger partial charge in [-0.1, -0.05) is 12.1 Å². The van der Waals surface area contributed by atoms with Gasteiger partial charge in [-0.25, -0.2) is 0 Å². The number of nitriles is 1. The number of hydrogen-bond acceptors (Lipinski definition) is 4. The summed E-state index contributed by atoms with van der Waals surface area (Å²) in [6.07, 6.45) is 1.74. The number of benzene rings is 1. The maximum absolute atomic E-state index is 13.0. The van der Waals surface area contributed by atoms with Crippen LogP contribution in [0.4, 0.5) is 5.69 Å². The molecular formula is C18H23N3O2. The van der Waals surface area contributed by atoms with E-state index in [2.05, 4.69) is 11.0 Å². The third-order valence-corrected chi connectivity index (χ3v) is 4.74. The van der Waals surface area contributed by atoms with Gasteiger partial charge in [-0.2, -0.15) is 5.26 Å². The third kappa shape index (κ3) is 3.32. The van der Waals surface area contributed by atoms with Crippen molar-refractivity contribution in [2.45, 2.75) is 19.8 Å². The number of rotatable bonds is 2. The van der Waals surface area contributed by atoms with Gasteiger partial charge in [-0.15, -0.1) is 0 Å². The van der Waals surface area contributed by atoms with E-state index in [-0.39, 0.29) is 5.91 Å². The molecule has 2 fully saturated rings. The van der Waals surface area contributed by atoms with E-state index in [1.54, 1.807) is 0 Å². The zero-order chi connectivity index (χ0) is 16.3. The van der Waals surface area contributed by atoms with Gasteiger partial charge in [0.2, 0.25) is 0 Å². The molecule has 0 unspecified atom stereocenters. The second kappa shape index (κ2) is 6.59. The van der Waals surface area contributed by atoms with Gasteiger partial charge in [0, 0.05) is 31.9 Å². The summed E-state index contributed by atoms with van der Waals surface area (Å²) in [6, 6.07) is 10.2. The molecule has 5 nitrogen and oxygen atoms in total. The van der Waals surface area contributed by atoms with Gasteiger partial charge in [-0.3, -0.25) is 4.79 Å². The molecule has 1 aromatic rings. The highest BCUT2D eigenvalue weighted by Gasteiger charge is 2.34. The number of likely N-dealkylation sites (tertiary alicyclic amines) is 1. The summed E-state index contributed by atoms with van der Waals surface area (Å²) in [5.74, 6) is 0.0354. The van der Waals surface area contributed by atoms with Crippen LogP contribution in [-0.2, 0) is 4.74 Å². The van der Waals surface area contributed by atoms with E-state index in [0.717, 1.165) is 43.7 Å². The summed E-state index contributed by atoms with van der Waals surface area (Å²) < 4.78 is 5.41. The molecular weight excluding hydrogens is 290 g/mol. The van der Waals surface area contributed by atoms with Gasteiger partial charge in [0.15, 0.2) is 0 Å². The number of hydrogen-bond donors (Lipinski definition) is 0. The van der Waals surface area contributed by atoms with Crippen molar-refractivity contribution < 1.29 is 9.53 Å². The van der Waals surface area contributed by atoms with Crippen molar-refractivity contribution in [2.24, 2.45) is 5.41 Å². The number of piperidine rings is 1. The Labute approximate surface area is 137 Å². The molecule has 1 amide bonds. The molecule has 0 aliphatic carbocycles. The Morgan fingerprint density at radius 3 is 2.74 bits per heavy atom. The average molecular weight is 313 g/mol. The Morgan fingerprint density at radius 2 is 2.00 bits per heavy atom. The Bertz CT molecular complexity index is 619. The highest BCUT2D eigenvalue weighted by Crippen LogP contribution is 2.31. The second-order valence-electron chi connectivity index (χ2n) is 6.62. The number of para-hydroxylation sites is 1. The predicted octanol–water partition coefficient (Wildman–Crippen LogP) is 2.29. The minimum absolute atomic E-state index is 0.0354. The summed E-state index contributed by atoms with van der Waals surface area (Å²) in [5.41, 5.74) is 1.28. The number of nitrogens with zero attached hydrogens (tertiary/aromatic N) is 3. The van der Waals surface area contributed by atoms with Crippen LogP contribution in [0.1, 0.15) is 30.1 Å². The van der Waals surface area contributed by atoms with Crippen LogP contribution in [-0.4, -0.2) is 50.2 Å². The molecule has 3 rings (SSSR count). The van der Waals surface area contributed by atoms with Crippen LogP contribution in [0.25, 0.3) is 0 Å². The first kappa shape index (κ1) is 15.8. The van der Waals surface area contributed by atoms with Crippen molar-refractivity contribution in [3.63, 3.8) is 0 Å². The lowest BCUT2D eigenvalue weighted by Gasteiger charge is -2.37. The van der Waals surface area contributed by atoms with Gasteiger partial charge in [0.25, 0.3) is 5.91 Å². The van der Waals surface area contributed by atoms with Crippen molar-refractivity contribution in [1.82, 2.24) is 4.90 Å². The number of carbonyl (C=O) groups excluding carboxylic acids is 1. The minimum atomic E-state index is -0.429. The lowest BCUT2D eigenvalue weighted by molar-refractivity contribution is 0.0629. The smallest absolute Gasteiger partial charge is 0.256 e. The third-order valence-electron chi connectivity index (χ3n) is 4.74. The molecule has 0 saturated carbocycles. The standard InChI is InChI=1S/C18H23N3O2/c1-18(13-19)7-4-8-21(14-18)17(22)15-5-2-3-6-16(15)20-9-11-23-12-10-20/h2-3,5-6H,4,7-12,14H2,1H3/t18-/m0/s1. The first-order valence-corrected chi connectivity index (χ1v) is 8.25. The summed E-state index contributed by atoms with van der Waals surface area (Å²) in [6.45, 7) is 6.19. The normalized spacial score (nSPS) is 25.0. The van der Waals surface area contributed by atoms with E-state index in [1.165, 1.54) is 0 Å². The van der Waals surface area contributed by atoms with Crippen LogP contribution in [0.5, 0.6) is 0 Å². The fraction of sp³-hybridized carbons (Fsp3) is 0.556. The molecule has 1 aromatic carbocycles. The molecule has 0 spiro atoms. The van der Waals surface area contributed by atoms with E-state index < -0.39 is 5.41 Å². The van der Waals surface area contributed by atoms with E-state index in [0.29, 0.717) is 19.8 Å². The number of amides is 1. The van der Waals surface area contributed by atoms with E-state index in [9.17, 15) is 10.1 Å². The molecule has 122 valence electrons. The Balaban J connectivity index is 1.84. The van der Waals surface area contributed by atoms with Crippen LogP contribution >= 0.6 is 0 Å². The molecule has 2 saturated heterocycles. The zero-order valence-electron chi connectivity index (χ0n) is 13.6. The van der Waals surface area contributed by atoms with Gasteiger partial charge >= 0.3 is 0 Å². The monoisotopic (exact) mass is 313 g/mol. The van der Waals surface area contributed by atoms with Crippen LogP contribution in [0.2, 0.25) is 0 Å². The summed E-state index contributed by atoms with van der Waals surface area (Å²) in [4.78, 5) is 17.1. The molecule has 5 heteroatoms. The van der Waals surface area contributed by atoms with Crippen molar-refractivity contribution in [3.8, 4) is 6.07 Å². The van der Waals surface area contributed by atoms with Crippen LogP contribution < -0.4 is 4.90 Å². The fourth-order valence-corrected chi connectivity index (χ4v) is 3.41. The topological polar surface area (TPSA) is 56.6 Å². The average Bonchev–Trinajstić information content (AvgIpc) is 2.62. The van der Waals surface area contributed by atoms with Crippen molar-refractivity contribution in [3.05, 3.63) is 29.8 Å². The molecule has 0 N–H and O–H groups in total. The lowest BCUT2D eigenvalue weighted by atomic mass is 9.83. The van der Waals surface area contributed by atoms with E-state index >= 15 is 0 Å². The van der Waals surface area contributed by atoms with Gasteiger partial charge in [0.05, 0.1) is 30.3 Å². The SMILES string of the molecule is C[C@@]1(C#N)CCCN(C(=O)c2ccccc2N2CCOCC2)C1. The molecule has 2 heterocycles. The molecule has 0 aromatic heterocycles. The van der Waals surface area contributed by atoms with Gasteiger partial charge < -0.3 is 14.5 Å². The summed E-state index contributed by atoms with van der Waals surface area (Å²) in [7, 11) is 0. The zero-order valence-corrected chi connectivity index (χ0v) is 13.6. The van der Waals surface area contributed by atoms with Crippen molar-refractivity contribution in [2.75, 3.05) is 44.3 Å². The number of morpholine rings is 1. The predicted molar refractivity (Wildman–Crippen MR) is 88.3 cm³/mol. The highest BCUT2D eigenvalue weighted by atomic mass is 16.5. The molecule has 2 aliphatic heterocycles. The maximum Gasteiger partial charge on any atom is 0.256 e. The van der Waals surface area contributed by atoms with Gasteiger partial charge in [-0.05, 0) is 31.9 Å². The lowest BCUT2D eigenvalue weighted by Crippen LogP contribution is -2.45. The number of ether oxygens (including phenoxy) is 1. The molecule has 0 radical (unpaired) electrons. The van der Waals surface area contributed by atoms with Gasteiger partial charge in [0.1, 0.15) is 0 Å². The fourth-order valence-electron chi connectivity index (χ4n) is 3.41. The minimum Gasteiger partial charge on any atom is -0.378 e. The molecule has 0 bridgehead atoms. The van der Waals surface area contributed by atoms with E-state index in [4.69, 9.17) is 4.74 Å². The van der Waals surface area contributed by atoms with E-state index in [1.807, 2.05) is 36.1 Å². The quantitative estimate of drug-likeness (QED) is 0.840. The molecule has 2 aliphatic rings. The summed E-state index contributed by atoms with van der Waals surface area (Å²) >= 11 is 0. The van der Waals surface area contributed by atoms with Crippen LogP contribution in [0.3, 0.4) is 0 Å². The Kier molecular flexibility index (Phi) is 4.53. The van der Waals surface area contributed by atoms with Crippen molar-refractivity contribution >= 4 is 11.6 Å². The number of carbonyl (C=O) groups is 1.